The van der Waals surface area contributed by atoms with Crippen LogP contribution in [-0.2, 0) is 18.2 Å². The van der Waals surface area contributed by atoms with Gasteiger partial charge >= 0.3 is 0 Å². The number of morpholine rings is 1. The highest BCUT2D eigenvalue weighted by atomic mass is 16.5. The number of fused-ring (bicyclic) bond motifs is 1. The highest BCUT2D eigenvalue weighted by Gasteiger charge is 2.35. The van der Waals surface area contributed by atoms with Gasteiger partial charge in [0, 0.05) is 44.4 Å². The number of hydrogen-bond acceptors (Lipinski definition) is 6. The van der Waals surface area contributed by atoms with Crippen LogP contribution in [0.5, 0.6) is 5.75 Å². The lowest BCUT2D eigenvalue weighted by Crippen LogP contribution is -2.37. The maximum absolute atomic E-state index is 12.6. The molecule has 144 valence electrons. The summed E-state index contributed by atoms with van der Waals surface area (Å²) in [6.45, 7) is 4.57. The third-order valence-electron chi connectivity index (χ3n) is 4.98. The van der Waals surface area contributed by atoms with Crippen LogP contribution >= 0.6 is 0 Å². The fourth-order valence-corrected chi connectivity index (χ4v) is 3.53. The summed E-state index contributed by atoms with van der Waals surface area (Å²) >= 11 is 0. The van der Waals surface area contributed by atoms with E-state index in [1.807, 2.05) is 19.1 Å². The molecule has 8 nitrogen and oxygen atoms in total. The van der Waals surface area contributed by atoms with Crippen molar-refractivity contribution in [1.82, 2.24) is 9.78 Å². The number of aromatic nitrogens is 2. The molecule has 0 saturated carbocycles. The smallest absolute Gasteiger partial charge is 0.276 e. The van der Waals surface area contributed by atoms with Crippen LogP contribution in [0, 0.1) is 0 Å². The van der Waals surface area contributed by atoms with Gasteiger partial charge in [-0.3, -0.25) is 9.48 Å². The number of ether oxygens (including phenoxy) is 2. The van der Waals surface area contributed by atoms with Gasteiger partial charge in [-0.25, -0.2) is 0 Å². The van der Waals surface area contributed by atoms with E-state index in [0.29, 0.717) is 25.3 Å². The molecule has 0 spiro atoms. The van der Waals surface area contributed by atoms with Crippen molar-refractivity contribution >= 4 is 17.3 Å². The Balaban J connectivity index is 1.68. The number of rotatable bonds is 4. The van der Waals surface area contributed by atoms with Gasteiger partial charge < -0.3 is 24.8 Å². The van der Waals surface area contributed by atoms with Crippen molar-refractivity contribution in [2.24, 2.45) is 7.05 Å². The van der Waals surface area contributed by atoms with Crippen molar-refractivity contribution in [3.63, 3.8) is 0 Å². The van der Waals surface area contributed by atoms with Crippen LogP contribution in [0.25, 0.3) is 0 Å². The highest BCUT2D eigenvalue weighted by Crippen LogP contribution is 2.42. The Morgan fingerprint density at radius 1 is 1.37 bits per heavy atom. The van der Waals surface area contributed by atoms with Crippen molar-refractivity contribution < 1.29 is 19.4 Å². The molecule has 1 atom stereocenters. The number of benzene rings is 1. The zero-order valence-electron chi connectivity index (χ0n) is 15.6. The molecule has 1 aromatic carbocycles. The molecule has 1 unspecified atom stereocenters. The lowest BCUT2D eigenvalue weighted by atomic mass is 9.99. The Labute approximate surface area is 157 Å². The third kappa shape index (κ3) is 3.50. The number of nitrogens with zero attached hydrogens (tertiary/aromatic N) is 3. The molecule has 1 saturated heterocycles. The minimum atomic E-state index is -0.631. The van der Waals surface area contributed by atoms with E-state index >= 15 is 0 Å². The predicted octanol–water partition coefficient (Wildman–Crippen LogP) is 1.19. The minimum absolute atomic E-state index is 0.0653. The maximum Gasteiger partial charge on any atom is 0.276 e. The number of carbonyl (C=O) groups excluding carboxylic acids is 1. The monoisotopic (exact) mass is 372 g/mol. The zero-order chi connectivity index (χ0) is 19.0. The Kier molecular flexibility index (Phi) is 4.53. The minimum Gasteiger partial charge on any atom is -0.484 e. The Morgan fingerprint density at radius 2 is 2.15 bits per heavy atom. The molecule has 4 rings (SSSR count). The first-order valence-electron chi connectivity index (χ1n) is 9.08. The van der Waals surface area contributed by atoms with Crippen LogP contribution < -0.4 is 15.0 Å². The summed E-state index contributed by atoms with van der Waals surface area (Å²) in [5.41, 5.74) is 2.32. The fourth-order valence-electron chi connectivity index (χ4n) is 3.53. The van der Waals surface area contributed by atoms with Crippen molar-refractivity contribution in [1.29, 1.82) is 0 Å². The first kappa shape index (κ1) is 17.8. The molecule has 2 aromatic rings. The van der Waals surface area contributed by atoms with Gasteiger partial charge in [-0.05, 0) is 19.1 Å². The molecular formula is C19H24N4O4. The van der Waals surface area contributed by atoms with Crippen molar-refractivity contribution in [3.05, 3.63) is 35.7 Å². The van der Waals surface area contributed by atoms with E-state index in [0.717, 1.165) is 35.8 Å². The van der Waals surface area contributed by atoms with Gasteiger partial charge in [0.1, 0.15) is 11.4 Å². The number of anilines is 2. The second-order valence-electron chi connectivity index (χ2n) is 7.29. The van der Waals surface area contributed by atoms with Gasteiger partial charge in [-0.1, -0.05) is 0 Å². The van der Waals surface area contributed by atoms with Crippen LogP contribution in [0.2, 0.25) is 0 Å². The Bertz CT molecular complexity index is 859. The molecular weight excluding hydrogens is 348 g/mol. The van der Waals surface area contributed by atoms with E-state index in [9.17, 15) is 9.90 Å². The molecule has 8 heteroatoms. The van der Waals surface area contributed by atoms with Crippen molar-refractivity contribution in [2.45, 2.75) is 18.9 Å². The second-order valence-corrected chi connectivity index (χ2v) is 7.29. The van der Waals surface area contributed by atoms with Gasteiger partial charge in [0.05, 0.1) is 31.2 Å². The Hall–Kier alpha value is -2.58. The van der Waals surface area contributed by atoms with Crippen molar-refractivity contribution in [2.75, 3.05) is 43.1 Å². The average Bonchev–Trinajstić information content (AvgIpc) is 3.24. The van der Waals surface area contributed by atoms with Gasteiger partial charge in [-0.2, -0.15) is 5.10 Å². The molecule has 3 heterocycles. The Morgan fingerprint density at radius 3 is 2.81 bits per heavy atom. The first-order chi connectivity index (χ1) is 13.0. The molecule has 2 aliphatic rings. The number of aryl methyl sites for hydroxylation is 1. The molecule has 0 radical (unpaired) electrons. The predicted molar refractivity (Wildman–Crippen MR) is 100 cm³/mol. The summed E-state index contributed by atoms with van der Waals surface area (Å²) < 4.78 is 13.0. The summed E-state index contributed by atoms with van der Waals surface area (Å²) in [7, 11) is 1.78. The fraction of sp³-hybridized carbons (Fsp3) is 0.474. The number of amides is 1. The summed E-state index contributed by atoms with van der Waals surface area (Å²) in [6.07, 6.45) is 2.33. The molecule has 2 N–H and O–H groups in total. The molecule has 1 aromatic heterocycles. The van der Waals surface area contributed by atoms with Crippen LogP contribution in [0.4, 0.5) is 11.4 Å². The molecule has 1 fully saturated rings. The first-order valence-corrected chi connectivity index (χ1v) is 9.08. The van der Waals surface area contributed by atoms with E-state index < -0.39 is 5.60 Å². The van der Waals surface area contributed by atoms with Gasteiger partial charge in [0.2, 0.25) is 0 Å². The van der Waals surface area contributed by atoms with E-state index in [1.54, 1.807) is 24.0 Å². The average molecular weight is 372 g/mol. The summed E-state index contributed by atoms with van der Waals surface area (Å²) in [6, 6.07) is 5.58. The lowest BCUT2D eigenvalue weighted by molar-refractivity contribution is 0.0446. The molecule has 27 heavy (non-hydrogen) atoms. The van der Waals surface area contributed by atoms with Gasteiger partial charge in [0.25, 0.3) is 5.91 Å². The maximum atomic E-state index is 12.6. The molecule has 2 aliphatic heterocycles. The van der Waals surface area contributed by atoms with Crippen molar-refractivity contribution in [3.8, 4) is 5.75 Å². The van der Waals surface area contributed by atoms with E-state index in [4.69, 9.17) is 9.47 Å². The van der Waals surface area contributed by atoms with Gasteiger partial charge in [0.15, 0.2) is 5.69 Å². The second kappa shape index (κ2) is 6.86. The van der Waals surface area contributed by atoms with Crippen LogP contribution in [0.1, 0.15) is 23.0 Å². The summed E-state index contributed by atoms with van der Waals surface area (Å²) in [4.78, 5) is 14.8. The molecule has 1 amide bonds. The van der Waals surface area contributed by atoms with Crippen LogP contribution in [-0.4, -0.2) is 59.3 Å². The number of hydrogen-bond donors (Lipinski definition) is 2. The lowest BCUT2D eigenvalue weighted by Gasteiger charge is -2.31. The normalized spacial score (nSPS) is 21.7. The molecule has 0 bridgehead atoms. The SMILES string of the molecule is Cn1ccc(C(=O)Nc2cc3c(cc2N2CCOCC2)OC(C)(CO)C3)n1. The number of aliphatic hydroxyl groups is 1. The number of nitrogens with one attached hydrogen (secondary N) is 1. The van der Waals surface area contributed by atoms with E-state index in [2.05, 4.69) is 15.3 Å². The molecule has 0 aliphatic carbocycles. The third-order valence-corrected chi connectivity index (χ3v) is 4.98. The standard InChI is InChI=1S/C19H24N4O4/c1-19(12-24)11-13-9-15(20-18(25)14-3-4-22(2)21-14)16(10-17(13)27-19)23-5-7-26-8-6-23/h3-4,9-10,24H,5-8,11-12H2,1-2H3,(H,20,25). The zero-order valence-corrected chi connectivity index (χ0v) is 15.6. The topological polar surface area (TPSA) is 88.9 Å². The van der Waals surface area contributed by atoms with Crippen LogP contribution in [0.15, 0.2) is 24.4 Å². The van der Waals surface area contributed by atoms with E-state index in [-0.39, 0.29) is 12.5 Å². The number of aliphatic hydroxyl groups excluding tert-OH is 1. The highest BCUT2D eigenvalue weighted by molar-refractivity contribution is 6.05. The number of carbonyl (C=O) groups is 1. The summed E-state index contributed by atoms with van der Waals surface area (Å²) in [5.74, 6) is 0.498. The summed E-state index contributed by atoms with van der Waals surface area (Å²) in [5, 5.41) is 16.8. The van der Waals surface area contributed by atoms with Gasteiger partial charge in [-0.15, -0.1) is 0 Å². The quantitative estimate of drug-likeness (QED) is 0.838. The largest absolute Gasteiger partial charge is 0.484 e. The van der Waals surface area contributed by atoms with E-state index in [1.165, 1.54) is 0 Å². The van der Waals surface area contributed by atoms with Crippen LogP contribution in [0.3, 0.4) is 0 Å².